The van der Waals surface area contributed by atoms with Gasteiger partial charge >= 0.3 is 0 Å². The SMILES string of the molecule is CN(C(=O)C1COCCO1)C1CCCCC1O. The van der Waals surface area contributed by atoms with Gasteiger partial charge in [0.2, 0.25) is 0 Å². The van der Waals surface area contributed by atoms with Gasteiger partial charge in [-0.25, -0.2) is 0 Å². The van der Waals surface area contributed by atoms with Crippen molar-refractivity contribution >= 4 is 5.91 Å². The first kappa shape index (κ1) is 12.8. The molecule has 2 rings (SSSR count). The molecular formula is C12H21NO4. The summed E-state index contributed by atoms with van der Waals surface area (Å²) in [6.45, 7) is 1.35. The van der Waals surface area contributed by atoms with Crippen molar-refractivity contribution in [3.8, 4) is 0 Å². The maximum absolute atomic E-state index is 12.2. The van der Waals surface area contributed by atoms with Crippen LogP contribution in [0, 0.1) is 0 Å². The first-order valence-electron chi connectivity index (χ1n) is 6.34. The highest BCUT2D eigenvalue weighted by molar-refractivity contribution is 5.81. The Morgan fingerprint density at radius 2 is 2.06 bits per heavy atom. The van der Waals surface area contributed by atoms with Crippen LogP contribution in [0.2, 0.25) is 0 Å². The number of amides is 1. The molecule has 0 bridgehead atoms. The number of carbonyl (C=O) groups excluding carboxylic acids is 1. The summed E-state index contributed by atoms with van der Waals surface area (Å²) in [6, 6.07) is -0.0678. The zero-order chi connectivity index (χ0) is 12.3. The summed E-state index contributed by atoms with van der Waals surface area (Å²) < 4.78 is 10.6. The van der Waals surface area contributed by atoms with E-state index in [1.165, 1.54) is 0 Å². The number of likely N-dealkylation sites (N-methyl/N-ethyl adjacent to an activating group) is 1. The van der Waals surface area contributed by atoms with Crippen LogP contribution in [0.25, 0.3) is 0 Å². The lowest BCUT2D eigenvalue weighted by Gasteiger charge is -2.37. The predicted octanol–water partition coefficient (Wildman–Crippen LogP) is 0.164. The molecule has 1 saturated carbocycles. The van der Waals surface area contributed by atoms with Crippen LogP contribution in [0.5, 0.6) is 0 Å². The van der Waals surface area contributed by atoms with Crippen LogP contribution in [-0.4, -0.2) is 61.0 Å². The molecule has 3 atom stereocenters. The molecule has 1 N–H and O–H groups in total. The molecule has 0 aromatic rings. The fourth-order valence-corrected chi connectivity index (χ4v) is 2.56. The minimum absolute atomic E-state index is 0.0678. The molecule has 2 fully saturated rings. The second-order valence-electron chi connectivity index (χ2n) is 4.80. The van der Waals surface area contributed by atoms with E-state index >= 15 is 0 Å². The maximum atomic E-state index is 12.2. The second-order valence-corrected chi connectivity index (χ2v) is 4.80. The Morgan fingerprint density at radius 3 is 2.71 bits per heavy atom. The lowest BCUT2D eigenvalue weighted by molar-refractivity contribution is -0.161. The maximum Gasteiger partial charge on any atom is 0.254 e. The van der Waals surface area contributed by atoms with Gasteiger partial charge in [-0.3, -0.25) is 4.79 Å². The number of rotatable bonds is 2. The van der Waals surface area contributed by atoms with E-state index in [1.807, 2.05) is 0 Å². The minimum Gasteiger partial charge on any atom is -0.391 e. The fourth-order valence-electron chi connectivity index (χ4n) is 2.56. The molecule has 5 heteroatoms. The van der Waals surface area contributed by atoms with E-state index in [9.17, 15) is 9.90 Å². The summed E-state index contributed by atoms with van der Waals surface area (Å²) in [5.74, 6) is -0.0735. The number of ether oxygens (including phenoxy) is 2. The quantitative estimate of drug-likeness (QED) is 0.751. The second kappa shape index (κ2) is 5.80. The molecule has 0 radical (unpaired) electrons. The first-order valence-corrected chi connectivity index (χ1v) is 6.34. The van der Waals surface area contributed by atoms with Crippen LogP contribution in [0.15, 0.2) is 0 Å². The topological polar surface area (TPSA) is 59.0 Å². The Hall–Kier alpha value is -0.650. The Labute approximate surface area is 102 Å². The predicted molar refractivity (Wildman–Crippen MR) is 61.6 cm³/mol. The van der Waals surface area contributed by atoms with E-state index in [1.54, 1.807) is 11.9 Å². The van der Waals surface area contributed by atoms with E-state index in [0.29, 0.717) is 19.8 Å². The molecule has 5 nitrogen and oxygen atoms in total. The van der Waals surface area contributed by atoms with Crippen molar-refractivity contribution in [2.45, 2.75) is 43.9 Å². The highest BCUT2D eigenvalue weighted by atomic mass is 16.6. The Morgan fingerprint density at radius 1 is 1.29 bits per heavy atom. The number of carbonyl (C=O) groups is 1. The van der Waals surface area contributed by atoms with Crippen LogP contribution in [-0.2, 0) is 14.3 Å². The van der Waals surface area contributed by atoms with Gasteiger partial charge in [-0.2, -0.15) is 0 Å². The number of nitrogens with zero attached hydrogens (tertiary/aromatic N) is 1. The summed E-state index contributed by atoms with van der Waals surface area (Å²) in [5, 5.41) is 9.92. The van der Waals surface area contributed by atoms with Gasteiger partial charge in [0.05, 0.1) is 32.0 Å². The van der Waals surface area contributed by atoms with E-state index < -0.39 is 12.2 Å². The van der Waals surface area contributed by atoms with Crippen LogP contribution in [0.4, 0.5) is 0 Å². The lowest BCUT2D eigenvalue weighted by atomic mass is 9.91. The highest BCUT2D eigenvalue weighted by Gasteiger charge is 2.33. The zero-order valence-electron chi connectivity index (χ0n) is 10.3. The van der Waals surface area contributed by atoms with E-state index in [2.05, 4.69) is 0 Å². The summed E-state index contributed by atoms with van der Waals surface area (Å²) in [4.78, 5) is 13.8. The van der Waals surface area contributed by atoms with Crippen molar-refractivity contribution in [2.24, 2.45) is 0 Å². The van der Waals surface area contributed by atoms with Gasteiger partial charge < -0.3 is 19.5 Å². The smallest absolute Gasteiger partial charge is 0.254 e. The Kier molecular flexibility index (Phi) is 4.36. The van der Waals surface area contributed by atoms with Gasteiger partial charge in [-0.1, -0.05) is 12.8 Å². The van der Waals surface area contributed by atoms with Gasteiger partial charge in [0, 0.05) is 7.05 Å². The fraction of sp³-hybridized carbons (Fsp3) is 0.917. The lowest BCUT2D eigenvalue weighted by Crippen LogP contribution is -2.52. The summed E-state index contributed by atoms with van der Waals surface area (Å²) in [5.41, 5.74) is 0. The third-order valence-corrected chi connectivity index (χ3v) is 3.63. The molecular weight excluding hydrogens is 222 g/mol. The zero-order valence-corrected chi connectivity index (χ0v) is 10.3. The first-order chi connectivity index (χ1) is 8.20. The van der Waals surface area contributed by atoms with Crippen molar-refractivity contribution in [1.82, 2.24) is 4.90 Å². The minimum atomic E-state index is -0.497. The third kappa shape index (κ3) is 2.97. The normalized spacial score (nSPS) is 34.4. The Balaban J connectivity index is 1.92. The summed E-state index contributed by atoms with van der Waals surface area (Å²) >= 11 is 0. The molecule has 1 aliphatic carbocycles. The van der Waals surface area contributed by atoms with Crippen molar-refractivity contribution < 1.29 is 19.4 Å². The molecule has 98 valence electrons. The number of hydrogen-bond acceptors (Lipinski definition) is 4. The molecule has 0 aromatic carbocycles. The number of hydrogen-bond donors (Lipinski definition) is 1. The van der Waals surface area contributed by atoms with Crippen LogP contribution < -0.4 is 0 Å². The average Bonchev–Trinajstić information content (AvgIpc) is 2.39. The molecule has 3 unspecified atom stereocenters. The molecule has 2 aliphatic rings. The van der Waals surface area contributed by atoms with Crippen molar-refractivity contribution in [2.75, 3.05) is 26.9 Å². The molecule has 1 amide bonds. The van der Waals surface area contributed by atoms with Crippen LogP contribution >= 0.6 is 0 Å². The van der Waals surface area contributed by atoms with Gasteiger partial charge in [0.1, 0.15) is 0 Å². The average molecular weight is 243 g/mol. The molecule has 17 heavy (non-hydrogen) atoms. The van der Waals surface area contributed by atoms with Gasteiger partial charge in [-0.15, -0.1) is 0 Å². The third-order valence-electron chi connectivity index (χ3n) is 3.63. The molecule has 0 aromatic heterocycles. The van der Waals surface area contributed by atoms with Crippen LogP contribution in [0.3, 0.4) is 0 Å². The largest absolute Gasteiger partial charge is 0.391 e. The summed E-state index contributed by atoms with van der Waals surface area (Å²) in [6.07, 6.45) is 2.87. The van der Waals surface area contributed by atoms with Crippen LogP contribution in [0.1, 0.15) is 25.7 Å². The Bertz CT molecular complexity index is 265. The molecule has 1 aliphatic heterocycles. The molecule has 0 spiro atoms. The molecule has 1 saturated heterocycles. The number of aliphatic hydroxyl groups is 1. The monoisotopic (exact) mass is 243 g/mol. The van der Waals surface area contributed by atoms with Gasteiger partial charge in [0.15, 0.2) is 6.10 Å². The summed E-state index contributed by atoms with van der Waals surface area (Å²) in [7, 11) is 1.75. The van der Waals surface area contributed by atoms with Crippen molar-refractivity contribution in [1.29, 1.82) is 0 Å². The van der Waals surface area contributed by atoms with Crippen molar-refractivity contribution in [3.05, 3.63) is 0 Å². The highest BCUT2D eigenvalue weighted by Crippen LogP contribution is 2.23. The van der Waals surface area contributed by atoms with Gasteiger partial charge in [-0.05, 0) is 12.8 Å². The molecule has 1 heterocycles. The van der Waals surface area contributed by atoms with E-state index in [0.717, 1.165) is 25.7 Å². The number of aliphatic hydroxyl groups excluding tert-OH is 1. The van der Waals surface area contributed by atoms with E-state index in [4.69, 9.17) is 9.47 Å². The standard InChI is InChI=1S/C12H21NO4/c1-13(9-4-2-3-5-10(9)14)12(15)11-8-16-6-7-17-11/h9-11,14H,2-8H2,1H3. The van der Waals surface area contributed by atoms with E-state index in [-0.39, 0.29) is 11.9 Å². The van der Waals surface area contributed by atoms with Gasteiger partial charge in [0.25, 0.3) is 5.91 Å². The van der Waals surface area contributed by atoms with Crippen molar-refractivity contribution in [3.63, 3.8) is 0 Å².